The van der Waals surface area contributed by atoms with Gasteiger partial charge in [-0.25, -0.2) is 0 Å². The lowest BCUT2D eigenvalue weighted by Gasteiger charge is -2.00. The van der Waals surface area contributed by atoms with Crippen LogP contribution in [0.25, 0.3) is 5.57 Å². The first-order valence-electron chi connectivity index (χ1n) is 3.24. The number of benzene rings is 1. The molecule has 0 spiro atoms. The summed E-state index contributed by atoms with van der Waals surface area (Å²) in [7, 11) is 0. The number of nitrogens with two attached hydrogens (primary N) is 1. The number of anilines is 1. The minimum atomic E-state index is 0.420. The molecule has 1 aromatic carbocycles. The van der Waals surface area contributed by atoms with Crippen LogP contribution in [0.2, 0.25) is 0 Å². The van der Waals surface area contributed by atoms with Gasteiger partial charge in [-0.1, -0.05) is 24.8 Å². The molecule has 1 aromatic rings. The van der Waals surface area contributed by atoms with E-state index in [0.717, 1.165) is 0 Å². The Morgan fingerprint density at radius 1 is 1.45 bits per heavy atom. The Bertz CT molecular complexity index is 291. The maximum atomic E-state index is 10.3. The standard InChI is InChI=1S/C9H9NO/c1-7(6-11)8-4-2-3-5-9(8)10/h2-6H,1,10H2. The van der Waals surface area contributed by atoms with Crippen LogP contribution >= 0.6 is 0 Å². The molecule has 0 aliphatic carbocycles. The molecular formula is C9H9NO. The third kappa shape index (κ3) is 1.46. The minimum absolute atomic E-state index is 0.420. The van der Waals surface area contributed by atoms with Crippen LogP contribution in [0.15, 0.2) is 30.8 Å². The lowest BCUT2D eigenvalue weighted by Crippen LogP contribution is -1.92. The summed E-state index contributed by atoms with van der Waals surface area (Å²) in [6.07, 6.45) is 0.700. The van der Waals surface area contributed by atoms with Gasteiger partial charge < -0.3 is 5.73 Å². The number of allylic oxidation sites excluding steroid dienone is 1. The molecule has 0 atom stereocenters. The molecule has 0 bridgehead atoms. The van der Waals surface area contributed by atoms with Crippen LogP contribution in [0.5, 0.6) is 0 Å². The Hall–Kier alpha value is -1.57. The van der Waals surface area contributed by atoms with Crippen molar-refractivity contribution in [3.8, 4) is 0 Å². The Kier molecular flexibility index (Phi) is 2.06. The van der Waals surface area contributed by atoms with E-state index >= 15 is 0 Å². The third-order valence-corrected chi connectivity index (χ3v) is 1.45. The summed E-state index contributed by atoms with van der Waals surface area (Å²) in [6.45, 7) is 3.56. The topological polar surface area (TPSA) is 43.1 Å². The molecule has 2 heteroatoms. The van der Waals surface area contributed by atoms with Gasteiger partial charge in [0.1, 0.15) is 6.29 Å². The van der Waals surface area contributed by atoms with Crippen molar-refractivity contribution in [2.45, 2.75) is 0 Å². The number of nitrogen functional groups attached to an aromatic ring is 1. The van der Waals surface area contributed by atoms with Crippen molar-refractivity contribution in [1.29, 1.82) is 0 Å². The molecular weight excluding hydrogens is 138 g/mol. The first-order valence-corrected chi connectivity index (χ1v) is 3.24. The molecule has 0 unspecified atom stereocenters. The zero-order valence-electron chi connectivity index (χ0n) is 6.08. The van der Waals surface area contributed by atoms with Crippen molar-refractivity contribution in [1.82, 2.24) is 0 Å². The minimum Gasteiger partial charge on any atom is -0.398 e. The lowest BCUT2D eigenvalue weighted by atomic mass is 10.1. The number of rotatable bonds is 2. The second kappa shape index (κ2) is 3.01. The maximum Gasteiger partial charge on any atom is 0.150 e. The van der Waals surface area contributed by atoms with Gasteiger partial charge in [-0.3, -0.25) is 4.79 Å². The molecule has 1 rings (SSSR count). The van der Waals surface area contributed by atoms with Crippen LogP contribution in [0, 0.1) is 0 Å². The Morgan fingerprint density at radius 3 is 2.64 bits per heavy atom. The van der Waals surface area contributed by atoms with Crippen molar-refractivity contribution >= 4 is 17.5 Å². The van der Waals surface area contributed by atoms with Crippen LogP contribution in [0.3, 0.4) is 0 Å². The molecule has 0 heterocycles. The first kappa shape index (κ1) is 7.54. The van der Waals surface area contributed by atoms with Gasteiger partial charge in [-0.15, -0.1) is 0 Å². The van der Waals surface area contributed by atoms with Crippen LogP contribution < -0.4 is 5.73 Å². The number of carbonyl (C=O) groups excluding carboxylic acids is 1. The molecule has 0 saturated heterocycles. The van der Waals surface area contributed by atoms with Crippen LogP contribution in [-0.4, -0.2) is 6.29 Å². The van der Waals surface area contributed by atoms with Gasteiger partial charge in [-0.05, 0) is 6.07 Å². The van der Waals surface area contributed by atoms with Crippen molar-refractivity contribution in [2.75, 3.05) is 5.73 Å². The van der Waals surface area contributed by atoms with E-state index in [4.69, 9.17) is 5.73 Å². The largest absolute Gasteiger partial charge is 0.398 e. The summed E-state index contributed by atoms with van der Waals surface area (Å²) in [5.41, 5.74) is 7.30. The second-order valence-electron chi connectivity index (χ2n) is 2.23. The fourth-order valence-electron chi connectivity index (χ4n) is 0.853. The fourth-order valence-corrected chi connectivity index (χ4v) is 0.853. The van der Waals surface area contributed by atoms with Gasteiger partial charge in [0, 0.05) is 16.8 Å². The van der Waals surface area contributed by atoms with Crippen molar-refractivity contribution in [2.24, 2.45) is 0 Å². The summed E-state index contributed by atoms with van der Waals surface area (Å²) >= 11 is 0. The van der Waals surface area contributed by atoms with Crippen molar-refractivity contribution in [3.63, 3.8) is 0 Å². The molecule has 11 heavy (non-hydrogen) atoms. The van der Waals surface area contributed by atoms with Gasteiger partial charge in [0.25, 0.3) is 0 Å². The normalized spacial score (nSPS) is 9.09. The highest BCUT2D eigenvalue weighted by Crippen LogP contribution is 2.16. The molecule has 0 radical (unpaired) electrons. The molecule has 0 aliphatic rings. The summed E-state index contributed by atoms with van der Waals surface area (Å²) in [6, 6.07) is 7.15. The highest BCUT2D eigenvalue weighted by molar-refractivity contribution is 6.07. The summed E-state index contributed by atoms with van der Waals surface area (Å²) < 4.78 is 0. The van der Waals surface area contributed by atoms with E-state index in [2.05, 4.69) is 6.58 Å². The molecule has 0 aromatic heterocycles. The van der Waals surface area contributed by atoms with E-state index in [1.54, 1.807) is 12.1 Å². The molecule has 2 nitrogen and oxygen atoms in total. The Balaban J connectivity index is 3.13. The zero-order chi connectivity index (χ0) is 8.27. The number of aldehydes is 1. The summed E-state index contributed by atoms with van der Waals surface area (Å²) in [5.74, 6) is 0. The van der Waals surface area contributed by atoms with E-state index in [-0.39, 0.29) is 0 Å². The average molecular weight is 147 g/mol. The number of hydrogen-bond donors (Lipinski definition) is 1. The van der Waals surface area contributed by atoms with Gasteiger partial charge in [0.2, 0.25) is 0 Å². The van der Waals surface area contributed by atoms with Crippen molar-refractivity contribution in [3.05, 3.63) is 36.4 Å². The zero-order valence-corrected chi connectivity index (χ0v) is 6.08. The van der Waals surface area contributed by atoms with Gasteiger partial charge in [-0.2, -0.15) is 0 Å². The molecule has 0 fully saturated rings. The van der Waals surface area contributed by atoms with Gasteiger partial charge in [0.15, 0.2) is 0 Å². The molecule has 0 aliphatic heterocycles. The molecule has 0 amide bonds. The van der Waals surface area contributed by atoms with E-state index < -0.39 is 0 Å². The van der Waals surface area contributed by atoms with Gasteiger partial charge in [0.05, 0.1) is 0 Å². The second-order valence-corrected chi connectivity index (χ2v) is 2.23. The Labute approximate surface area is 65.3 Å². The monoisotopic (exact) mass is 147 g/mol. The predicted octanol–water partition coefficient (Wildman–Crippen LogP) is 1.48. The molecule has 0 saturated carbocycles. The maximum absolute atomic E-state index is 10.3. The summed E-state index contributed by atoms with van der Waals surface area (Å²) in [5, 5.41) is 0. The van der Waals surface area contributed by atoms with E-state index in [0.29, 0.717) is 23.1 Å². The highest BCUT2D eigenvalue weighted by atomic mass is 16.1. The van der Waals surface area contributed by atoms with E-state index in [1.807, 2.05) is 12.1 Å². The quantitative estimate of drug-likeness (QED) is 0.391. The number of hydrogen-bond acceptors (Lipinski definition) is 2. The van der Waals surface area contributed by atoms with Crippen LogP contribution in [0.1, 0.15) is 5.56 Å². The summed E-state index contributed by atoms with van der Waals surface area (Å²) in [4.78, 5) is 10.3. The Morgan fingerprint density at radius 2 is 2.09 bits per heavy atom. The van der Waals surface area contributed by atoms with Crippen LogP contribution in [-0.2, 0) is 4.79 Å². The number of para-hydroxylation sites is 1. The molecule has 56 valence electrons. The average Bonchev–Trinajstić information content (AvgIpc) is 2.04. The number of carbonyl (C=O) groups is 1. The third-order valence-electron chi connectivity index (χ3n) is 1.45. The lowest BCUT2D eigenvalue weighted by molar-refractivity contribution is -0.103. The predicted molar refractivity (Wildman–Crippen MR) is 46.0 cm³/mol. The smallest absolute Gasteiger partial charge is 0.150 e. The fraction of sp³-hybridized carbons (Fsp3) is 0. The first-order chi connectivity index (χ1) is 5.25. The SMILES string of the molecule is C=C(C=O)c1ccccc1N. The highest BCUT2D eigenvalue weighted by Gasteiger charge is 1.99. The van der Waals surface area contributed by atoms with E-state index in [9.17, 15) is 4.79 Å². The molecule has 2 N–H and O–H groups in total. The van der Waals surface area contributed by atoms with Crippen molar-refractivity contribution < 1.29 is 4.79 Å². The van der Waals surface area contributed by atoms with E-state index in [1.165, 1.54) is 0 Å². The van der Waals surface area contributed by atoms with Gasteiger partial charge >= 0.3 is 0 Å². The van der Waals surface area contributed by atoms with Crippen LogP contribution in [0.4, 0.5) is 5.69 Å².